The maximum absolute atomic E-state index is 12.7. The summed E-state index contributed by atoms with van der Waals surface area (Å²) in [5.74, 6) is 0.619. The van der Waals surface area contributed by atoms with Gasteiger partial charge in [-0.05, 0) is 55.5 Å². The predicted molar refractivity (Wildman–Crippen MR) is 111 cm³/mol. The van der Waals surface area contributed by atoms with Crippen LogP contribution in [0.3, 0.4) is 0 Å². The number of ether oxygens (including phenoxy) is 1. The molecule has 1 aromatic carbocycles. The number of carbonyl (C=O) groups is 1. The first kappa shape index (κ1) is 19.2. The molecular weight excluding hydrogens is 368 g/mol. The highest BCUT2D eigenvalue weighted by molar-refractivity contribution is 5.81. The van der Waals surface area contributed by atoms with Crippen LogP contribution in [0.25, 0.3) is 10.9 Å². The van der Waals surface area contributed by atoms with E-state index in [1.807, 2.05) is 30.5 Å². The van der Waals surface area contributed by atoms with Crippen LogP contribution in [0.15, 0.2) is 41.5 Å². The summed E-state index contributed by atoms with van der Waals surface area (Å²) in [4.78, 5) is 25.0. The molecule has 7 heteroatoms. The Morgan fingerprint density at radius 2 is 2.07 bits per heavy atom. The number of hydrogen-bond acceptors (Lipinski definition) is 4. The van der Waals surface area contributed by atoms with E-state index in [9.17, 15) is 9.59 Å². The third-order valence-corrected chi connectivity index (χ3v) is 5.55. The Bertz CT molecular complexity index is 1080. The van der Waals surface area contributed by atoms with Gasteiger partial charge in [0.1, 0.15) is 12.3 Å². The molecule has 1 aliphatic carbocycles. The van der Waals surface area contributed by atoms with Crippen molar-refractivity contribution in [2.24, 2.45) is 0 Å². The monoisotopic (exact) mass is 394 g/mol. The van der Waals surface area contributed by atoms with Crippen molar-refractivity contribution in [1.82, 2.24) is 19.7 Å². The van der Waals surface area contributed by atoms with Gasteiger partial charge in [0.25, 0.3) is 5.56 Å². The fourth-order valence-corrected chi connectivity index (χ4v) is 3.96. The molecule has 1 N–H and O–H groups in total. The molecule has 0 atom stereocenters. The fraction of sp³-hybridized carbons (Fsp3) is 0.409. The van der Waals surface area contributed by atoms with Crippen molar-refractivity contribution in [2.75, 3.05) is 13.7 Å². The number of hydrogen-bond donors (Lipinski definition) is 1. The summed E-state index contributed by atoms with van der Waals surface area (Å²) < 4.78 is 8.63. The van der Waals surface area contributed by atoms with Crippen molar-refractivity contribution in [2.45, 2.75) is 45.2 Å². The van der Waals surface area contributed by atoms with E-state index in [4.69, 9.17) is 4.74 Å². The van der Waals surface area contributed by atoms with Crippen LogP contribution in [0.1, 0.15) is 30.4 Å². The van der Waals surface area contributed by atoms with Crippen LogP contribution in [-0.4, -0.2) is 33.9 Å². The van der Waals surface area contributed by atoms with E-state index in [0.717, 1.165) is 59.9 Å². The lowest BCUT2D eigenvalue weighted by Gasteiger charge is -2.11. The lowest BCUT2D eigenvalue weighted by molar-refractivity contribution is -0.121. The van der Waals surface area contributed by atoms with Crippen molar-refractivity contribution in [1.29, 1.82) is 0 Å². The van der Waals surface area contributed by atoms with Crippen molar-refractivity contribution in [3.05, 3.63) is 58.1 Å². The number of amides is 1. The molecule has 0 saturated heterocycles. The maximum atomic E-state index is 12.7. The molecule has 2 aromatic heterocycles. The Balaban J connectivity index is 1.36. The van der Waals surface area contributed by atoms with Gasteiger partial charge in [-0.1, -0.05) is 6.42 Å². The first-order valence-corrected chi connectivity index (χ1v) is 10.1. The Hall–Kier alpha value is -3.09. The van der Waals surface area contributed by atoms with Crippen LogP contribution >= 0.6 is 0 Å². The van der Waals surface area contributed by atoms with Gasteiger partial charge in [-0.15, -0.1) is 0 Å². The second-order valence-electron chi connectivity index (χ2n) is 7.46. The number of nitrogens with one attached hydrogen (secondary N) is 1. The molecule has 0 saturated carbocycles. The van der Waals surface area contributed by atoms with E-state index < -0.39 is 0 Å². The normalized spacial score (nSPS) is 13.7. The summed E-state index contributed by atoms with van der Waals surface area (Å²) >= 11 is 0. The number of carbonyl (C=O) groups excluding carboxylic acids is 1. The van der Waals surface area contributed by atoms with Gasteiger partial charge in [-0.3, -0.25) is 9.59 Å². The molecule has 0 bridgehead atoms. The number of methoxy groups -OCH3 is 1. The van der Waals surface area contributed by atoms with Gasteiger partial charge in [0.15, 0.2) is 0 Å². The Labute approximate surface area is 169 Å². The maximum Gasteiger partial charge on any atom is 0.270 e. The summed E-state index contributed by atoms with van der Waals surface area (Å²) in [7, 11) is 1.65. The average Bonchev–Trinajstić information content (AvgIpc) is 2.96. The predicted octanol–water partition coefficient (Wildman–Crippen LogP) is 2.29. The van der Waals surface area contributed by atoms with Gasteiger partial charge < -0.3 is 14.6 Å². The number of benzene rings is 1. The number of aryl methyl sites for hydroxylation is 1. The van der Waals surface area contributed by atoms with Crippen LogP contribution < -0.4 is 15.6 Å². The minimum atomic E-state index is -0.202. The largest absolute Gasteiger partial charge is 0.497 e. The first-order valence-electron chi connectivity index (χ1n) is 10.1. The van der Waals surface area contributed by atoms with E-state index in [0.29, 0.717) is 13.1 Å². The summed E-state index contributed by atoms with van der Waals surface area (Å²) in [6.45, 7) is 1.08. The van der Waals surface area contributed by atoms with Crippen LogP contribution in [-0.2, 0) is 30.7 Å². The molecule has 152 valence electrons. The minimum absolute atomic E-state index is 0.0459. The molecule has 0 spiro atoms. The van der Waals surface area contributed by atoms with E-state index in [-0.39, 0.29) is 18.0 Å². The second-order valence-corrected chi connectivity index (χ2v) is 7.46. The van der Waals surface area contributed by atoms with Gasteiger partial charge >= 0.3 is 0 Å². The summed E-state index contributed by atoms with van der Waals surface area (Å²) in [6, 6.07) is 7.95. The van der Waals surface area contributed by atoms with E-state index in [1.165, 1.54) is 4.68 Å². The average molecular weight is 394 g/mol. The summed E-state index contributed by atoms with van der Waals surface area (Å²) in [5, 5.41) is 8.20. The van der Waals surface area contributed by atoms with Gasteiger partial charge in [-0.2, -0.15) is 5.10 Å². The molecule has 0 radical (unpaired) electrons. The molecule has 7 nitrogen and oxygen atoms in total. The topological polar surface area (TPSA) is 78.2 Å². The third kappa shape index (κ3) is 4.18. The third-order valence-electron chi connectivity index (χ3n) is 5.55. The zero-order valence-corrected chi connectivity index (χ0v) is 16.7. The molecule has 0 aliphatic heterocycles. The van der Waals surface area contributed by atoms with Crippen LogP contribution in [0.2, 0.25) is 0 Å². The number of aromatic nitrogens is 3. The Morgan fingerprint density at radius 3 is 2.93 bits per heavy atom. The van der Waals surface area contributed by atoms with Gasteiger partial charge in [-0.25, -0.2) is 4.68 Å². The minimum Gasteiger partial charge on any atom is -0.497 e. The zero-order chi connectivity index (χ0) is 20.2. The van der Waals surface area contributed by atoms with E-state index >= 15 is 0 Å². The van der Waals surface area contributed by atoms with Crippen molar-refractivity contribution in [3.63, 3.8) is 0 Å². The second kappa shape index (κ2) is 8.51. The smallest absolute Gasteiger partial charge is 0.270 e. The van der Waals surface area contributed by atoms with E-state index in [2.05, 4.69) is 15.0 Å². The molecular formula is C22H26N4O3. The molecule has 2 heterocycles. The quantitative estimate of drug-likeness (QED) is 0.651. The van der Waals surface area contributed by atoms with E-state index in [1.54, 1.807) is 13.3 Å². The lowest BCUT2D eigenvalue weighted by Crippen LogP contribution is -2.36. The highest BCUT2D eigenvalue weighted by atomic mass is 16.5. The number of nitrogens with zero attached hydrogens (tertiary/aromatic N) is 3. The van der Waals surface area contributed by atoms with Crippen molar-refractivity contribution < 1.29 is 9.53 Å². The molecule has 0 fully saturated rings. The molecule has 3 aromatic rings. The molecule has 1 amide bonds. The summed E-state index contributed by atoms with van der Waals surface area (Å²) in [5.41, 5.74) is 2.84. The molecule has 0 unspecified atom stereocenters. The lowest BCUT2D eigenvalue weighted by atomic mass is 10.1. The van der Waals surface area contributed by atoms with Gasteiger partial charge in [0.05, 0.1) is 13.3 Å². The zero-order valence-electron chi connectivity index (χ0n) is 16.7. The molecule has 4 rings (SSSR count). The molecule has 29 heavy (non-hydrogen) atoms. The fourth-order valence-electron chi connectivity index (χ4n) is 3.96. The standard InChI is InChI=1S/C22H26N4O3/c1-29-18-7-8-20-16(13-18)9-11-25(20)12-10-23-21(27)15-26-22(28)19-6-4-2-3-5-17(19)14-24-26/h7-9,11,13-14H,2-6,10,12,15H2,1H3,(H,23,27). The first-order chi connectivity index (χ1) is 14.2. The van der Waals surface area contributed by atoms with Crippen molar-refractivity contribution in [3.8, 4) is 5.75 Å². The SMILES string of the molecule is COc1ccc2c(ccn2CCNC(=O)Cn2ncc3c(c2=O)CCCCC3)c1. The highest BCUT2D eigenvalue weighted by Gasteiger charge is 2.15. The molecule has 1 aliphatic rings. The Morgan fingerprint density at radius 1 is 1.21 bits per heavy atom. The van der Waals surface area contributed by atoms with Gasteiger partial charge in [0, 0.05) is 35.8 Å². The van der Waals surface area contributed by atoms with Crippen LogP contribution in [0, 0.1) is 0 Å². The Kier molecular flexibility index (Phi) is 5.64. The van der Waals surface area contributed by atoms with Gasteiger partial charge in [0.2, 0.25) is 5.91 Å². The number of fused-ring (bicyclic) bond motifs is 2. The summed E-state index contributed by atoms with van der Waals surface area (Å²) in [6.07, 6.45) is 8.69. The van der Waals surface area contributed by atoms with Crippen LogP contribution in [0.4, 0.5) is 0 Å². The van der Waals surface area contributed by atoms with Crippen LogP contribution in [0.5, 0.6) is 5.75 Å². The highest BCUT2D eigenvalue weighted by Crippen LogP contribution is 2.21. The number of rotatable bonds is 6. The van der Waals surface area contributed by atoms with Crippen molar-refractivity contribution >= 4 is 16.8 Å².